The lowest BCUT2D eigenvalue weighted by atomic mass is 9.91. The number of sulfonamides is 1. The van der Waals surface area contributed by atoms with E-state index >= 15 is 0 Å². The van der Waals surface area contributed by atoms with Crippen molar-refractivity contribution >= 4 is 26.8 Å². The maximum atomic E-state index is 12.3. The van der Waals surface area contributed by atoms with E-state index in [9.17, 15) is 13.2 Å². The number of hydrogen-bond acceptors (Lipinski definition) is 6. The molecule has 9 heteroatoms. The molecule has 1 amide bonds. The summed E-state index contributed by atoms with van der Waals surface area (Å²) in [5, 5.41) is 1.15. The fourth-order valence-electron chi connectivity index (χ4n) is 4.97. The van der Waals surface area contributed by atoms with Crippen LogP contribution >= 0.6 is 0 Å². The topological polar surface area (TPSA) is 101 Å². The Morgan fingerprint density at radius 1 is 1.23 bits per heavy atom. The van der Waals surface area contributed by atoms with Crippen LogP contribution in [0.15, 0.2) is 42.6 Å². The largest absolute Gasteiger partial charge is 0.496 e. The summed E-state index contributed by atoms with van der Waals surface area (Å²) in [6, 6.07) is 11.4. The average Bonchev–Trinajstić information content (AvgIpc) is 3.31. The third-order valence-corrected chi connectivity index (χ3v) is 7.15. The van der Waals surface area contributed by atoms with E-state index in [1.807, 2.05) is 30.0 Å². The highest BCUT2D eigenvalue weighted by Crippen LogP contribution is 2.37. The van der Waals surface area contributed by atoms with E-state index in [4.69, 9.17) is 9.47 Å². The zero-order valence-electron chi connectivity index (χ0n) is 20.6. The highest BCUT2D eigenvalue weighted by Gasteiger charge is 2.31. The van der Waals surface area contributed by atoms with Gasteiger partial charge in [0.2, 0.25) is 10.0 Å². The van der Waals surface area contributed by atoms with Gasteiger partial charge in [-0.25, -0.2) is 13.1 Å². The number of aryl methyl sites for hydroxylation is 1. The van der Waals surface area contributed by atoms with Gasteiger partial charge >= 0.3 is 0 Å². The van der Waals surface area contributed by atoms with Gasteiger partial charge < -0.3 is 14.5 Å². The Balaban J connectivity index is 1.65. The maximum Gasteiger partial charge on any atom is 0.264 e. The highest BCUT2D eigenvalue weighted by atomic mass is 32.2. The lowest BCUT2D eigenvalue weighted by molar-refractivity contribution is -0.0138. The van der Waals surface area contributed by atoms with E-state index in [2.05, 4.69) is 28.9 Å². The van der Waals surface area contributed by atoms with E-state index in [1.54, 1.807) is 19.2 Å². The fraction of sp³-hybridized carbons (Fsp3) is 0.423. The van der Waals surface area contributed by atoms with Crippen LogP contribution in [0.5, 0.6) is 5.75 Å². The van der Waals surface area contributed by atoms with Gasteiger partial charge in [-0.05, 0) is 62.1 Å². The minimum absolute atomic E-state index is 0.0762. The summed E-state index contributed by atoms with van der Waals surface area (Å²) < 4.78 is 36.6. The molecule has 1 aliphatic heterocycles. The van der Waals surface area contributed by atoms with Crippen LogP contribution in [-0.2, 0) is 21.3 Å². The zero-order chi connectivity index (χ0) is 25.2. The minimum atomic E-state index is -3.62. The second kappa shape index (κ2) is 10.4. The Morgan fingerprint density at radius 2 is 1.97 bits per heavy atom. The third kappa shape index (κ3) is 5.69. The molecule has 0 spiro atoms. The quantitative estimate of drug-likeness (QED) is 0.487. The minimum Gasteiger partial charge on any atom is -0.496 e. The summed E-state index contributed by atoms with van der Waals surface area (Å²) in [5.74, 6) is 0.235. The second-order valence-corrected chi connectivity index (χ2v) is 10.8. The van der Waals surface area contributed by atoms with E-state index in [-0.39, 0.29) is 12.1 Å². The van der Waals surface area contributed by atoms with E-state index in [1.165, 1.54) is 0 Å². The number of aromatic nitrogens is 1. The lowest BCUT2D eigenvalue weighted by Crippen LogP contribution is -2.39. The number of nitrogens with zero attached hydrogens (tertiary/aromatic N) is 1. The van der Waals surface area contributed by atoms with E-state index in [0.29, 0.717) is 18.7 Å². The molecule has 0 bridgehead atoms. The van der Waals surface area contributed by atoms with Gasteiger partial charge in [0.25, 0.3) is 5.91 Å². The smallest absolute Gasteiger partial charge is 0.264 e. The molecule has 0 radical (unpaired) electrons. The van der Waals surface area contributed by atoms with Gasteiger partial charge in [0.15, 0.2) is 0 Å². The monoisotopic (exact) mass is 499 g/mol. The lowest BCUT2D eigenvalue weighted by Gasteiger charge is -2.40. The number of amides is 1. The maximum absolute atomic E-state index is 12.3. The predicted octanol–water partition coefficient (Wildman–Crippen LogP) is 3.92. The first kappa shape index (κ1) is 25.2. The van der Waals surface area contributed by atoms with Gasteiger partial charge in [0.1, 0.15) is 5.75 Å². The summed E-state index contributed by atoms with van der Waals surface area (Å²) >= 11 is 0. The van der Waals surface area contributed by atoms with Crippen LogP contribution in [0.2, 0.25) is 0 Å². The molecule has 1 unspecified atom stereocenters. The number of rotatable bonds is 8. The molecule has 2 N–H and O–H groups in total. The first-order valence-corrected chi connectivity index (χ1v) is 13.7. The summed E-state index contributed by atoms with van der Waals surface area (Å²) in [4.78, 5) is 18.0. The van der Waals surface area contributed by atoms with Crippen molar-refractivity contribution in [1.82, 2.24) is 14.6 Å². The Hall–Kier alpha value is -2.88. The highest BCUT2D eigenvalue weighted by molar-refractivity contribution is 7.89. The molecule has 2 atom stereocenters. The molecule has 2 heterocycles. The third-order valence-electron chi connectivity index (χ3n) is 6.60. The number of methoxy groups -OCH3 is 1. The van der Waals surface area contributed by atoms with Crippen LogP contribution in [0, 0.1) is 6.92 Å². The predicted molar refractivity (Wildman–Crippen MR) is 136 cm³/mol. The number of likely N-dealkylation sites (tertiary alicyclic amines) is 1. The molecule has 0 aliphatic carbocycles. The van der Waals surface area contributed by atoms with Crippen LogP contribution < -0.4 is 9.46 Å². The van der Waals surface area contributed by atoms with Crippen molar-refractivity contribution in [2.24, 2.45) is 0 Å². The van der Waals surface area contributed by atoms with Gasteiger partial charge in [-0.3, -0.25) is 9.69 Å². The molecule has 2 aromatic carbocycles. The number of aromatic amines is 1. The number of carbonyl (C=O) groups excluding carboxylic acids is 1. The summed E-state index contributed by atoms with van der Waals surface area (Å²) in [6.07, 6.45) is 4.84. The Labute approximate surface area is 206 Å². The van der Waals surface area contributed by atoms with Crippen molar-refractivity contribution in [2.45, 2.75) is 45.4 Å². The summed E-state index contributed by atoms with van der Waals surface area (Å²) in [7, 11) is -1.92. The number of piperidine rings is 1. The Kier molecular flexibility index (Phi) is 7.49. The molecule has 3 aromatic rings. The van der Waals surface area contributed by atoms with Crippen molar-refractivity contribution in [3.63, 3.8) is 0 Å². The van der Waals surface area contributed by atoms with Crippen molar-refractivity contribution in [1.29, 1.82) is 0 Å². The van der Waals surface area contributed by atoms with E-state index in [0.717, 1.165) is 59.0 Å². The van der Waals surface area contributed by atoms with Crippen molar-refractivity contribution in [2.75, 3.05) is 26.5 Å². The molecule has 0 saturated carbocycles. The average molecular weight is 500 g/mol. The molecule has 1 saturated heterocycles. The first-order chi connectivity index (χ1) is 16.7. The van der Waals surface area contributed by atoms with Gasteiger partial charge in [0.05, 0.1) is 19.5 Å². The van der Waals surface area contributed by atoms with Gasteiger partial charge in [-0.1, -0.05) is 12.1 Å². The van der Waals surface area contributed by atoms with Gasteiger partial charge in [-0.2, -0.15) is 0 Å². The number of carbonyl (C=O) groups is 1. The van der Waals surface area contributed by atoms with Crippen molar-refractivity contribution < 1.29 is 22.7 Å². The molecular formula is C26H33N3O5S. The molecule has 1 fully saturated rings. The SMILES string of the molecule is CCO[C@H]1CCN(Cc2c(OC)cc(C)c3[nH]ccc23)C(c2ccc(C(=O)NS(C)(=O)=O)cc2)C1. The molecule has 35 heavy (non-hydrogen) atoms. The number of benzene rings is 2. The van der Waals surface area contributed by atoms with Crippen LogP contribution in [0.1, 0.15) is 52.9 Å². The molecule has 188 valence electrons. The van der Waals surface area contributed by atoms with Gasteiger partial charge in [0, 0.05) is 54.0 Å². The molecule has 1 aromatic heterocycles. The van der Waals surface area contributed by atoms with Crippen LogP contribution in [0.4, 0.5) is 0 Å². The first-order valence-electron chi connectivity index (χ1n) is 11.8. The normalized spacial score (nSPS) is 19.1. The Bertz CT molecular complexity index is 1300. The molecule has 4 rings (SSSR count). The summed E-state index contributed by atoms with van der Waals surface area (Å²) in [5.41, 5.74) is 4.75. The van der Waals surface area contributed by atoms with Crippen molar-refractivity contribution in [3.05, 3.63) is 64.8 Å². The van der Waals surface area contributed by atoms with Crippen LogP contribution in [-0.4, -0.2) is 56.8 Å². The van der Waals surface area contributed by atoms with Crippen molar-refractivity contribution in [3.8, 4) is 5.75 Å². The number of H-pyrrole nitrogens is 1. The number of hydrogen-bond donors (Lipinski definition) is 2. The second-order valence-electron chi connectivity index (χ2n) is 9.05. The Morgan fingerprint density at radius 3 is 2.63 bits per heavy atom. The summed E-state index contributed by atoms with van der Waals surface area (Å²) in [6.45, 7) is 6.31. The molecule has 1 aliphatic rings. The van der Waals surface area contributed by atoms with Crippen LogP contribution in [0.3, 0.4) is 0 Å². The number of fused-ring (bicyclic) bond motifs is 1. The zero-order valence-corrected chi connectivity index (χ0v) is 21.4. The number of nitrogens with one attached hydrogen (secondary N) is 2. The fourth-order valence-corrected chi connectivity index (χ4v) is 5.43. The van der Waals surface area contributed by atoms with Crippen LogP contribution in [0.25, 0.3) is 10.9 Å². The molecule has 8 nitrogen and oxygen atoms in total. The standard InChI is InChI=1S/C26H33N3O5S/c1-5-34-20-11-13-29(16-22-21-10-12-27-25(21)17(2)14-24(22)33-3)23(15-20)18-6-8-19(9-7-18)26(30)28-35(4,31)32/h6-10,12,14,20,23,27H,5,11,13,15-16H2,1-4H3,(H,28,30)/t20-,23?/m0/s1. The van der Waals surface area contributed by atoms with Gasteiger partial charge in [-0.15, -0.1) is 0 Å². The number of ether oxygens (including phenoxy) is 2. The van der Waals surface area contributed by atoms with E-state index < -0.39 is 15.9 Å². The molecular weight excluding hydrogens is 466 g/mol.